The lowest BCUT2D eigenvalue weighted by Crippen LogP contribution is -2.15. The zero-order chi connectivity index (χ0) is 21.2. The van der Waals surface area contributed by atoms with E-state index in [4.69, 9.17) is 21.1 Å². The molecule has 3 aromatic rings. The fraction of sp³-hybridized carbons (Fsp3) is 0.167. The molecule has 11 heteroatoms. The van der Waals surface area contributed by atoms with Crippen molar-refractivity contribution in [3.05, 3.63) is 63.5 Å². The minimum absolute atomic E-state index is 0.0221. The van der Waals surface area contributed by atoms with Gasteiger partial charge >= 0.3 is 0 Å². The van der Waals surface area contributed by atoms with Crippen molar-refractivity contribution in [1.82, 2.24) is 9.78 Å². The van der Waals surface area contributed by atoms with Crippen LogP contribution < -0.4 is 14.2 Å². The van der Waals surface area contributed by atoms with Crippen molar-refractivity contribution in [3.63, 3.8) is 0 Å². The quantitative estimate of drug-likeness (QED) is 0.519. The summed E-state index contributed by atoms with van der Waals surface area (Å²) in [5.41, 5.74) is 0.244. The Bertz CT molecular complexity index is 1130. The number of nitrogens with one attached hydrogen (secondary N) is 1. The molecule has 0 radical (unpaired) electrons. The van der Waals surface area contributed by atoms with Crippen molar-refractivity contribution in [1.29, 1.82) is 0 Å². The molecule has 0 amide bonds. The van der Waals surface area contributed by atoms with E-state index in [1.807, 2.05) is 0 Å². The molecule has 0 unspecified atom stereocenters. The number of halogens is 3. The first-order valence-corrected chi connectivity index (χ1v) is 10.8. The third kappa shape index (κ3) is 4.65. The summed E-state index contributed by atoms with van der Waals surface area (Å²) in [4.78, 5) is -0.113. The number of sulfonamides is 1. The van der Waals surface area contributed by atoms with Crippen LogP contribution in [0.2, 0.25) is 5.02 Å². The lowest BCUT2D eigenvalue weighted by atomic mass is 10.2. The molecule has 29 heavy (non-hydrogen) atoms. The van der Waals surface area contributed by atoms with Crippen LogP contribution in [-0.2, 0) is 16.6 Å². The molecular formula is C18H16BrClFN3O4S. The molecule has 0 bridgehead atoms. The maximum absolute atomic E-state index is 14.0. The maximum Gasteiger partial charge on any atom is 0.266 e. The maximum atomic E-state index is 14.0. The van der Waals surface area contributed by atoms with Gasteiger partial charge in [-0.15, -0.1) is 0 Å². The molecule has 1 N–H and O–H groups in total. The average Bonchev–Trinajstić information content (AvgIpc) is 3.02. The van der Waals surface area contributed by atoms with Gasteiger partial charge in [0.25, 0.3) is 10.0 Å². The van der Waals surface area contributed by atoms with Gasteiger partial charge in [-0.05, 0) is 40.2 Å². The first-order valence-electron chi connectivity index (χ1n) is 8.16. The Balaban J connectivity index is 1.91. The second kappa shape index (κ2) is 8.60. The Morgan fingerprint density at radius 2 is 2.00 bits per heavy atom. The second-order valence-corrected chi connectivity index (χ2v) is 8.76. The van der Waals surface area contributed by atoms with Crippen LogP contribution in [0.1, 0.15) is 5.56 Å². The van der Waals surface area contributed by atoms with Crippen molar-refractivity contribution in [2.24, 2.45) is 0 Å². The summed E-state index contributed by atoms with van der Waals surface area (Å²) in [6.07, 6.45) is 1.52. The monoisotopic (exact) mass is 503 g/mol. The Hall–Kier alpha value is -2.30. The molecule has 0 saturated heterocycles. The summed E-state index contributed by atoms with van der Waals surface area (Å²) in [6.45, 7) is 0.0221. The largest absolute Gasteiger partial charge is 0.497 e. The average molecular weight is 505 g/mol. The number of rotatable bonds is 7. The van der Waals surface area contributed by atoms with Crippen LogP contribution in [0, 0.1) is 5.82 Å². The van der Waals surface area contributed by atoms with E-state index in [2.05, 4.69) is 25.8 Å². The minimum Gasteiger partial charge on any atom is -0.497 e. The highest BCUT2D eigenvalue weighted by atomic mass is 79.9. The SMILES string of the molecule is COc1ccc(OC)c(S(=O)(=O)Nc2nn(Cc3c(F)cccc3Cl)cc2Br)c1. The molecule has 3 rings (SSSR count). The molecule has 2 aromatic carbocycles. The molecule has 0 aliphatic heterocycles. The molecular weight excluding hydrogens is 489 g/mol. The standard InChI is InChI=1S/C18H16BrClFN3O4S/c1-27-11-6-7-16(28-2)17(8-11)29(25,26)23-18-13(19)10-24(22-18)9-12-14(20)4-3-5-15(12)21/h3-8,10H,9H2,1-2H3,(H,22,23). The molecule has 0 spiro atoms. The Morgan fingerprint density at radius 3 is 2.66 bits per heavy atom. The molecule has 0 atom stereocenters. The van der Waals surface area contributed by atoms with E-state index in [0.717, 1.165) is 0 Å². The van der Waals surface area contributed by atoms with E-state index >= 15 is 0 Å². The molecule has 1 aromatic heterocycles. The lowest BCUT2D eigenvalue weighted by molar-refractivity contribution is 0.392. The summed E-state index contributed by atoms with van der Waals surface area (Å²) < 4.78 is 54.1. The third-order valence-corrected chi connectivity index (χ3v) is 6.28. The first kappa shape index (κ1) is 21.4. The number of nitrogens with zero attached hydrogens (tertiary/aromatic N) is 2. The van der Waals surface area contributed by atoms with Gasteiger partial charge < -0.3 is 9.47 Å². The number of benzene rings is 2. The predicted molar refractivity (Wildman–Crippen MR) is 111 cm³/mol. The zero-order valence-corrected chi connectivity index (χ0v) is 18.5. The lowest BCUT2D eigenvalue weighted by Gasteiger charge is -2.12. The molecule has 154 valence electrons. The van der Waals surface area contributed by atoms with Crippen LogP contribution in [-0.4, -0.2) is 32.4 Å². The zero-order valence-electron chi connectivity index (χ0n) is 15.3. The Kier molecular flexibility index (Phi) is 6.35. The van der Waals surface area contributed by atoms with E-state index in [9.17, 15) is 12.8 Å². The van der Waals surface area contributed by atoms with Crippen LogP contribution >= 0.6 is 27.5 Å². The number of aromatic nitrogens is 2. The summed E-state index contributed by atoms with van der Waals surface area (Å²) in [5.74, 6) is 0.0478. The van der Waals surface area contributed by atoms with Crippen molar-refractivity contribution in [3.8, 4) is 11.5 Å². The third-order valence-electron chi connectivity index (χ3n) is 3.99. The highest BCUT2D eigenvalue weighted by Gasteiger charge is 2.23. The van der Waals surface area contributed by atoms with Crippen molar-refractivity contribution >= 4 is 43.4 Å². The van der Waals surface area contributed by atoms with Gasteiger partial charge in [0.05, 0.1) is 25.2 Å². The number of ether oxygens (including phenoxy) is 2. The van der Waals surface area contributed by atoms with Crippen LogP contribution in [0.3, 0.4) is 0 Å². The molecule has 0 saturated carbocycles. The highest BCUT2D eigenvalue weighted by Crippen LogP contribution is 2.31. The molecule has 0 aliphatic carbocycles. The summed E-state index contributed by atoms with van der Waals surface area (Å²) in [5, 5.41) is 4.43. The Labute approximate surface area is 180 Å². The summed E-state index contributed by atoms with van der Waals surface area (Å²) >= 11 is 9.31. The van der Waals surface area contributed by atoms with Gasteiger partial charge in [0.15, 0.2) is 5.82 Å². The number of hydrogen-bond acceptors (Lipinski definition) is 5. The van der Waals surface area contributed by atoms with Gasteiger partial charge in [0, 0.05) is 22.8 Å². The van der Waals surface area contributed by atoms with Crippen molar-refractivity contribution < 1.29 is 22.3 Å². The normalized spacial score (nSPS) is 11.3. The van der Waals surface area contributed by atoms with E-state index in [1.54, 1.807) is 12.1 Å². The van der Waals surface area contributed by atoms with Crippen LogP contribution in [0.25, 0.3) is 0 Å². The second-order valence-electron chi connectivity index (χ2n) is 5.85. The van der Waals surface area contributed by atoms with E-state index in [1.165, 1.54) is 49.4 Å². The van der Waals surface area contributed by atoms with Crippen LogP contribution in [0.4, 0.5) is 10.2 Å². The molecule has 7 nitrogen and oxygen atoms in total. The summed E-state index contributed by atoms with van der Waals surface area (Å²) in [6, 6.07) is 8.77. The summed E-state index contributed by atoms with van der Waals surface area (Å²) in [7, 11) is -1.25. The molecule has 0 aliphatic rings. The molecule has 0 fully saturated rings. The minimum atomic E-state index is -4.05. The van der Waals surface area contributed by atoms with Gasteiger partial charge in [-0.1, -0.05) is 17.7 Å². The first-order chi connectivity index (χ1) is 13.7. The molecule has 1 heterocycles. The number of methoxy groups -OCH3 is 2. The number of hydrogen-bond donors (Lipinski definition) is 1. The van der Waals surface area contributed by atoms with Crippen molar-refractivity contribution in [2.75, 3.05) is 18.9 Å². The Morgan fingerprint density at radius 1 is 1.24 bits per heavy atom. The fourth-order valence-electron chi connectivity index (χ4n) is 2.57. The smallest absolute Gasteiger partial charge is 0.266 e. The van der Waals surface area contributed by atoms with Gasteiger partial charge in [-0.2, -0.15) is 5.10 Å². The number of anilines is 1. The van der Waals surface area contributed by atoms with Gasteiger partial charge in [-0.25, -0.2) is 12.8 Å². The van der Waals surface area contributed by atoms with Gasteiger partial charge in [0.1, 0.15) is 22.2 Å². The predicted octanol–water partition coefficient (Wildman–Crippen LogP) is 4.30. The highest BCUT2D eigenvalue weighted by molar-refractivity contribution is 9.10. The van der Waals surface area contributed by atoms with Gasteiger partial charge in [-0.3, -0.25) is 9.40 Å². The van der Waals surface area contributed by atoms with Crippen LogP contribution in [0.15, 0.2) is 52.0 Å². The van der Waals surface area contributed by atoms with E-state index in [0.29, 0.717) is 10.2 Å². The fourth-order valence-corrected chi connectivity index (χ4v) is 4.54. The van der Waals surface area contributed by atoms with Crippen LogP contribution in [0.5, 0.6) is 11.5 Å². The van der Waals surface area contributed by atoms with E-state index < -0.39 is 15.8 Å². The van der Waals surface area contributed by atoms with Gasteiger partial charge in [0.2, 0.25) is 0 Å². The van der Waals surface area contributed by atoms with E-state index in [-0.39, 0.29) is 33.6 Å². The van der Waals surface area contributed by atoms with Crippen molar-refractivity contribution in [2.45, 2.75) is 11.4 Å². The topological polar surface area (TPSA) is 82.4 Å².